The van der Waals surface area contributed by atoms with E-state index in [0.717, 1.165) is 19.6 Å². The summed E-state index contributed by atoms with van der Waals surface area (Å²) in [6, 6.07) is 0. The van der Waals surface area contributed by atoms with E-state index >= 15 is 0 Å². The number of hydrogen-bond donors (Lipinski definition) is 0. The maximum atomic E-state index is 3.95. The Balaban J connectivity index is 2.65. The van der Waals surface area contributed by atoms with E-state index < -0.39 is 0 Å². The van der Waals surface area contributed by atoms with Gasteiger partial charge < -0.3 is 0 Å². The second-order valence-electron chi connectivity index (χ2n) is 2.74. The predicted molar refractivity (Wildman–Crippen MR) is 48.9 cm³/mol. The van der Waals surface area contributed by atoms with E-state index in [2.05, 4.69) is 30.1 Å². The highest BCUT2D eigenvalue weighted by Gasteiger charge is 2.17. The van der Waals surface area contributed by atoms with Crippen LogP contribution in [0.2, 0.25) is 0 Å². The van der Waals surface area contributed by atoms with Crippen LogP contribution in [-0.4, -0.2) is 31.3 Å². The zero-order valence-electron chi connectivity index (χ0n) is 7.01. The molecule has 0 N–H and O–H groups in total. The molecule has 1 saturated heterocycles. The monoisotopic (exact) mass is 150 g/mol. The van der Waals surface area contributed by atoms with Crippen LogP contribution in [0.1, 0.15) is 6.92 Å². The van der Waals surface area contributed by atoms with E-state index in [9.17, 15) is 0 Å². The lowest BCUT2D eigenvalue weighted by Gasteiger charge is -2.08. The Morgan fingerprint density at radius 2 is 2.36 bits per heavy atom. The number of nitrogens with zero attached hydrogens (tertiary/aromatic N) is 2. The Morgan fingerprint density at radius 3 is 2.82 bits per heavy atom. The first-order valence-corrected chi connectivity index (χ1v) is 3.83. The first-order chi connectivity index (χ1) is 5.27. The number of hydrogen-bond acceptors (Lipinski definition) is 2. The molecule has 0 unspecified atom stereocenters. The summed E-state index contributed by atoms with van der Waals surface area (Å²) >= 11 is 0. The molecule has 11 heavy (non-hydrogen) atoms. The summed E-state index contributed by atoms with van der Waals surface area (Å²) in [7, 11) is 0. The minimum Gasteiger partial charge on any atom is -0.295 e. The summed E-state index contributed by atoms with van der Waals surface area (Å²) < 4.78 is 0. The van der Waals surface area contributed by atoms with Gasteiger partial charge in [-0.25, -0.2) is 0 Å². The molecular formula is C9H14N2. The lowest BCUT2D eigenvalue weighted by molar-refractivity contribution is 0.375. The van der Waals surface area contributed by atoms with Gasteiger partial charge in [-0.05, 0) is 24.4 Å². The zero-order valence-corrected chi connectivity index (χ0v) is 7.01. The normalized spacial score (nSPS) is 23.0. The first kappa shape index (κ1) is 8.21. The van der Waals surface area contributed by atoms with E-state index in [1.807, 2.05) is 0 Å². The molecule has 0 bridgehead atoms. The molecule has 0 aromatic carbocycles. The molecule has 0 aromatic rings. The van der Waals surface area contributed by atoms with Crippen LogP contribution >= 0.6 is 0 Å². The van der Waals surface area contributed by atoms with Crippen LogP contribution < -0.4 is 0 Å². The highest BCUT2D eigenvalue weighted by atomic mass is 15.1. The number of likely N-dealkylation sites (N-methyl/N-ethyl adjacent to an activating group) is 1. The molecule has 60 valence electrons. The molecule has 0 radical (unpaired) electrons. The Kier molecular flexibility index (Phi) is 2.60. The quantitative estimate of drug-likeness (QED) is 0.544. The van der Waals surface area contributed by atoms with Gasteiger partial charge >= 0.3 is 0 Å². The van der Waals surface area contributed by atoms with Gasteiger partial charge in [0, 0.05) is 19.3 Å². The van der Waals surface area contributed by atoms with Crippen molar-refractivity contribution in [3.63, 3.8) is 0 Å². The van der Waals surface area contributed by atoms with Crippen molar-refractivity contribution in [1.82, 2.24) is 4.90 Å². The Labute approximate surface area is 67.9 Å². The minimum atomic E-state index is 0.981. The highest BCUT2D eigenvalue weighted by Crippen LogP contribution is 2.19. The van der Waals surface area contributed by atoms with E-state index in [4.69, 9.17) is 0 Å². The van der Waals surface area contributed by atoms with Crippen LogP contribution in [0.3, 0.4) is 0 Å². The largest absolute Gasteiger partial charge is 0.295 e. The third kappa shape index (κ3) is 1.77. The number of aliphatic imine (C=N–C) groups is 1. The molecule has 0 saturated carbocycles. The average Bonchev–Trinajstić information content (AvgIpc) is 2.33. The van der Waals surface area contributed by atoms with Gasteiger partial charge in [0.2, 0.25) is 0 Å². The summed E-state index contributed by atoms with van der Waals surface area (Å²) in [5.74, 6) is 0. The standard InChI is InChI=1S/C9H14N2/c1-4-11-6-8(2)9(7-11)5-10-3/h5H,2-4,6-7H2,1H3/b9-5-. The molecule has 0 aliphatic carbocycles. The summed E-state index contributed by atoms with van der Waals surface area (Å²) in [5.41, 5.74) is 2.40. The van der Waals surface area contributed by atoms with Gasteiger partial charge in [-0.1, -0.05) is 13.5 Å². The fourth-order valence-electron chi connectivity index (χ4n) is 1.25. The second kappa shape index (κ2) is 3.49. The Hall–Kier alpha value is -0.890. The molecule has 2 nitrogen and oxygen atoms in total. The Morgan fingerprint density at radius 1 is 1.64 bits per heavy atom. The van der Waals surface area contributed by atoms with Crippen molar-refractivity contribution < 1.29 is 0 Å². The Bertz CT molecular complexity index is 204. The third-order valence-electron chi connectivity index (χ3n) is 1.96. The van der Waals surface area contributed by atoms with Crippen LogP contribution in [0.5, 0.6) is 0 Å². The van der Waals surface area contributed by atoms with Crippen molar-refractivity contribution in [2.24, 2.45) is 4.99 Å². The third-order valence-corrected chi connectivity index (χ3v) is 1.96. The molecule has 1 aliphatic heterocycles. The fourth-order valence-corrected chi connectivity index (χ4v) is 1.25. The van der Waals surface area contributed by atoms with Crippen LogP contribution in [0.4, 0.5) is 0 Å². The highest BCUT2D eigenvalue weighted by molar-refractivity contribution is 5.37. The van der Waals surface area contributed by atoms with Crippen molar-refractivity contribution in [3.05, 3.63) is 23.9 Å². The zero-order chi connectivity index (χ0) is 8.27. The van der Waals surface area contributed by atoms with Crippen LogP contribution in [0.15, 0.2) is 28.9 Å². The molecule has 1 rings (SSSR count). The van der Waals surface area contributed by atoms with Crippen LogP contribution in [0, 0.1) is 0 Å². The maximum absolute atomic E-state index is 3.95. The number of likely N-dealkylation sites (tertiary alicyclic amines) is 1. The molecule has 1 heterocycles. The summed E-state index contributed by atoms with van der Waals surface area (Å²) in [6.45, 7) is 12.6. The molecule has 0 amide bonds. The van der Waals surface area contributed by atoms with E-state index in [1.165, 1.54) is 11.1 Å². The van der Waals surface area contributed by atoms with Crippen molar-refractivity contribution in [2.45, 2.75) is 6.92 Å². The topological polar surface area (TPSA) is 15.6 Å². The summed E-state index contributed by atoms with van der Waals surface area (Å²) in [6.07, 6.45) is 1.80. The van der Waals surface area contributed by atoms with Crippen LogP contribution in [-0.2, 0) is 0 Å². The lowest BCUT2D eigenvalue weighted by Crippen LogP contribution is -2.18. The summed E-state index contributed by atoms with van der Waals surface area (Å²) in [5, 5.41) is 0. The SMILES string of the molecule is C=N/C=C1/CN(CC)CC1=C. The molecule has 0 aromatic heterocycles. The van der Waals surface area contributed by atoms with Crippen LogP contribution in [0.25, 0.3) is 0 Å². The van der Waals surface area contributed by atoms with E-state index in [1.54, 1.807) is 6.20 Å². The predicted octanol–water partition coefficient (Wildman–Crippen LogP) is 1.46. The van der Waals surface area contributed by atoms with E-state index in [-0.39, 0.29) is 0 Å². The van der Waals surface area contributed by atoms with Gasteiger partial charge in [-0.15, -0.1) is 0 Å². The fraction of sp³-hybridized carbons (Fsp3) is 0.444. The van der Waals surface area contributed by atoms with E-state index in [0.29, 0.717) is 0 Å². The minimum absolute atomic E-state index is 0.981. The molecule has 2 heteroatoms. The van der Waals surface area contributed by atoms with Crippen molar-refractivity contribution in [3.8, 4) is 0 Å². The van der Waals surface area contributed by atoms with Crippen molar-refractivity contribution in [1.29, 1.82) is 0 Å². The van der Waals surface area contributed by atoms with Gasteiger partial charge in [0.05, 0.1) is 0 Å². The molecule has 0 atom stereocenters. The van der Waals surface area contributed by atoms with Gasteiger partial charge in [-0.2, -0.15) is 0 Å². The maximum Gasteiger partial charge on any atom is 0.0308 e. The molecular weight excluding hydrogens is 136 g/mol. The molecule has 0 spiro atoms. The molecule has 1 aliphatic rings. The van der Waals surface area contributed by atoms with Gasteiger partial charge in [0.15, 0.2) is 0 Å². The smallest absolute Gasteiger partial charge is 0.0308 e. The first-order valence-electron chi connectivity index (χ1n) is 3.83. The van der Waals surface area contributed by atoms with Gasteiger partial charge in [0.1, 0.15) is 0 Å². The molecule has 1 fully saturated rings. The second-order valence-corrected chi connectivity index (χ2v) is 2.74. The average molecular weight is 150 g/mol. The van der Waals surface area contributed by atoms with Crippen molar-refractivity contribution >= 4 is 6.72 Å². The van der Waals surface area contributed by atoms with Gasteiger partial charge in [0.25, 0.3) is 0 Å². The summed E-state index contributed by atoms with van der Waals surface area (Å²) in [4.78, 5) is 6.06. The lowest BCUT2D eigenvalue weighted by atomic mass is 10.2. The van der Waals surface area contributed by atoms with Gasteiger partial charge in [-0.3, -0.25) is 9.89 Å². The number of rotatable bonds is 2. The van der Waals surface area contributed by atoms with Crippen molar-refractivity contribution in [2.75, 3.05) is 19.6 Å².